The van der Waals surface area contributed by atoms with Crippen molar-refractivity contribution in [2.75, 3.05) is 7.05 Å². The first-order valence-electron chi connectivity index (χ1n) is 6.74. The maximum absolute atomic E-state index is 3.48. The topological polar surface area (TPSA) is 12.0 Å². The van der Waals surface area contributed by atoms with Crippen LogP contribution in [0.2, 0.25) is 0 Å². The third-order valence-corrected chi connectivity index (χ3v) is 3.77. The van der Waals surface area contributed by atoms with Crippen LogP contribution in [0.15, 0.2) is 12.1 Å². The first-order chi connectivity index (χ1) is 7.99. The van der Waals surface area contributed by atoms with Crippen molar-refractivity contribution in [3.63, 3.8) is 0 Å². The molecule has 0 aliphatic carbocycles. The molecule has 0 aliphatic heterocycles. The standard InChI is InChI=1S/C16H27N/c1-7-11(2)10-15(17-6)16-13(4)8-12(3)9-14(16)5/h8-9,11,15,17H,7,10H2,1-6H3. The summed E-state index contributed by atoms with van der Waals surface area (Å²) in [6.45, 7) is 11.2. The smallest absolute Gasteiger partial charge is 0.0325 e. The number of nitrogens with one attached hydrogen (secondary N) is 1. The molecule has 0 spiro atoms. The molecule has 0 saturated carbocycles. The van der Waals surface area contributed by atoms with Crippen molar-refractivity contribution in [1.29, 1.82) is 0 Å². The average molecular weight is 233 g/mol. The molecule has 0 fully saturated rings. The fourth-order valence-electron chi connectivity index (χ4n) is 2.69. The van der Waals surface area contributed by atoms with Gasteiger partial charge in [-0.1, -0.05) is 38.0 Å². The van der Waals surface area contributed by atoms with E-state index in [-0.39, 0.29) is 0 Å². The molecule has 17 heavy (non-hydrogen) atoms. The van der Waals surface area contributed by atoms with E-state index in [9.17, 15) is 0 Å². The van der Waals surface area contributed by atoms with Crippen LogP contribution in [-0.4, -0.2) is 7.05 Å². The Morgan fingerprint density at radius 2 is 1.65 bits per heavy atom. The van der Waals surface area contributed by atoms with Crippen molar-refractivity contribution in [3.05, 3.63) is 34.4 Å². The zero-order valence-corrected chi connectivity index (χ0v) is 12.2. The monoisotopic (exact) mass is 233 g/mol. The van der Waals surface area contributed by atoms with E-state index in [1.165, 1.54) is 35.1 Å². The van der Waals surface area contributed by atoms with E-state index in [1.807, 2.05) is 0 Å². The molecule has 0 bridgehead atoms. The minimum atomic E-state index is 0.491. The maximum atomic E-state index is 3.48. The number of hydrogen-bond donors (Lipinski definition) is 1. The molecular formula is C16H27N. The van der Waals surface area contributed by atoms with Gasteiger partial charge in [-0.25, -0.2) is 0 Å². The lowest BCUT2D eigenvalue weighted by Gasteiger charge is -2.24. The number of rotatable bonds is 5. The lowest BCUT2D eigenvalue weighted by molar-refractivity contribution is 0.420. The van der Waals surface area contributed by atoms with Gasteiger partial charge in [-0.15, -0.1) is 0 Å². The fourth-order valence-corrected chi connectivity index (χ4v) is 2.69. The highest BCUT2D eigenvalue weighted by molar-refractivity contribution is 5.39. The first kappa shape index (κ1) is 14.2. The average Bonchev–Trinajstić information content (AvgIpc) is 2.25. The zero-order chi connectivity index (χ0) is 13.0. The minimum absolute atomic E-state index is 0.491. The molecule has 1 aromatic rings. The summed E-state index contributed by atoms with van der Waals surface area (Å²) in [6.07, 6.45) is 2.47. The Balaban J connectivity index is 3.03. The lowest BCUT2D eigenvalue weighted by atomic mass is 9.88. The molecule has 1 rings (SSSR count). The van der Waals surface area contributed by atoms with E-state index in [0.29, 0.717) is 6.04 Å². The van der Waals surface area contributed by atoms with Gasteiger partial charge in [0.2, 0.25) is 0 Å². The molecule has 96 valence electrons. The van der Waals surface area contributed by atoms with Crippen molar-refractivity contribution in [3.8, 4) is 0 Å². The molecular weight excluding hydrogens is 206 g/mol. The Morgan fingerprint density at radius 3 is 2.06 bits per heavy atom. The summed E-state index contributed by atoms with van der Waals surface area (Å²) in [5.41, 5.74) is 5.70. The fraction of sp³-hybridized carbons (Fsp3) is 0.625. The van der Waals surface area contributed by atoms with Crippen molar-refractivity contribution in [2.45, 2.75) is 53.5 Å². The van der Waals surface area contributed by atoms with Gasteiger partial charge in [-0.3, -0.25) is 0 Å². The Hall–Kier alpha value is -0.820. The van der Waals surface area contributed by atoms with Crippen LogP contribution in [0.4, 0.5) is 0 Å². The van der Waals surface area contributed by atoms with E-state index >= 15 is 0 Å². The third-order valence-electron chi connectivity index (χ3n) is 3.77. The molecule has 2 atom stereocenters. The predicted octanol–water partition coefficient (Wildman–Crippen LogP) is 4.31. The number of benzene rings is 1. The molecule has 0 aromatic heterocycles. The summed E-state index contributed by atoms with van der Waals surface area (Å²) in [5.74, 6) is 0.771. The van der Waals surface area contributed by atoms with Gasteiger partial charge < -0.3 is 5.32 Å². The number of aryl methyl sites for hydroxylation is 3. The van der Waals surface area contributed by atoms with Gasteiger partial charge in [-0.2, -0.15) is 0 Å². The molecule has 1 nitrogen and oxygen atoms in total. The molecule has 0 radical (unpaired) electrons. The van der Waals surface area contributed by atoms with Crippen molar-refractivity contribution >= 4 is 0 Å². The maximum Gasteiger partial charge on any atom is 0.0325 e. The quantitative estimate of drug-likeness (QED) is 0.799. The van der Waals surface area contributed by atoms with E-state index in [2.05, 4.69) is 59.1 Å². The lowest BCUT2D eigenvalue weighted by Crippen LogP contribution is -2.21. The van der Waals surface area contributed by atoms with Crippen LogP contribution < -0.4 is 5.32 Å². The van der Waals surface area contributed by atoms with Gasteiger partial charge in [-0.05, 0) is 56.8 Å². The molecule has 1 N–H and O–H groups in total. The summed E-state index contributed by atoms with van der Waals surface area (Å²) >= 11 is 0. The van der Waals surface area contributed by atoms with Gasteiger partial charge in [0.1, 0.15) is 0 Å². The molecule has 0 saturated heterocycles. The van der Waals surface area contributed by atoms with Crippen LogP contribution in [0, 0.1) is 26.7 Å². The predicted molar refractivity (Wildman–Crippen MR) is 76.5 cm³/mol. The van der Waals surface area contributed by atoms with Crippen molar-refractivity contribution in [1.82, 2.24) is 5.32 Å². The highest BCUT2D eigenvalue weighted by Crippen LogP contribution is 2.28. The summed E-state index contributed by atoms with van der Waals surface area (Å²) < 4.78 is 0. The van der Waals surface area contributed by atoms with E-state index in [1.54, 1.807) is 0 Å². The highest BCUT2D eigenvalue weighted by atomic mass is 14.9. The van der Waals surface area contributed by atoms with Crippen LogP contribution in [0.1, 0.15) is 55.0 Å². The Labute approximate surface area is 107 Å². The summed E-state index contributed by atoms with van der Waals surface area (Å²) in [7, 11) is 2.08. The molecule has 1 heteroatoms. The van der Waals surface area contributed by atoms with E-state index in [4.69, 9.17) is 0 Å². The Bertz CT molecular complexity index is 345. The largest absolute Gasteiger partial charge is 0.313 e. The SMILES string of the molecule is CCC(C)CC(NC)c1c(C)cc(C)cc1C. The summed E-state index contributed by atoms with van der Waals surface area (Å²) in [4.78, 5) is 0. The van der Waals surface area contributed by atoms with Crippen LogP contribution >= 0.6 is 0 Å². The van der Waals surface area contributed by atoms with Crippen molar-refractivity contribution < 1.29 is 0 Å². The molecule has 0 aliphatic rings. The van der Waals surface area contributed by atoms with Crippen LogP contribution in [0.3, 0.4) is 0 Å². The first-order valence-corrected chi connectivity index (χ1v) is 6.74. The highest BCUT2D eigenvalue weighted by Gasteiger charge is 2.16. The second-order valence-corrected chi connectivity index (χ2v) is 5.40. The summed E-state index contributed by atoms with van der Waals surface area (Å²) in [6, 6.07) is 5.08. The second kappa shape index (κ2) is 6.20. The van der Waals surface area contributed by atoms with Crippen LogP contribution in [0.5, 0.6) is 0 Å². The van der Waals surface area contributed by atoms with Gasteiger partial charge in [0.25, 0.3) is 0 Å². The normalized spacial score (nSPS) is 14.7. The second-order valence-electron chi connectivity index (χ2n) is 5.40. The van der Waals surface area contributed by atoms with Gasteiger partial charge in [0, 0.05) is 6.04 Å². The van der Waals surface area contributed by atoms with Crippen LogP contribution in [0.25, 0.3) is 0 Å². The Kier molecular flexibility index (Phi) is 5.20. The molecule has 2 unspecified atom stereocenters. The number of hydrogen-bond acceptors (Lipinski definition) is 1. The van der Waals surface area contributed by atoms with E-state index in [0.717, 1.165) is 5.92 Å². The Morgan fingerprint density at radius 1 is 1.12 bits per heavy atom. The zero-order valence-electron chi connectivity index (χ0n) is 12.2. The van der Waals surface area contributed by atoms with Crippen molar-refractivity contribution in [2.24, 2.45) is 5.92 Å². The molecule has 1 aromatic carbocycles. The molecule has 0 amide bonds. The van der Waals surface area contributed by atoms with Gasteiger partial charge in [0.05, 0.1) is 0 Å². The van der Waals surface area contributed by atoms with Crippen LogP contribution in [-0.2, 0) is 0 Å². The van der Waals surface area contributed by atoms with Gasteiger partial charge >= 0.3 is 0 Å². The molecule has 0 heterocycles. The third kappa shape index (κ3) is 3.57. The van der Waals surface area contributed by atoms with E-state index < -0.39 is 0 Å². The summed E-state index contributed by atoms with van der Waals surface area (Å²) in [5, 5.41) is 3.48. The van der Waals surface area contributed by atoms with Gasteiger partial charge in [0.15, 0.2) is 0 Å². The minimum Gasteiger partial charge on any atom is -0.313 e.